The monoisotopic (exact) mass is 323 g/mol. The lowest BCUT2D eigenvalue weighted by Crippen LogP contribution is -2.32. The van der Waals surface area contributed by atoms with Gasteiger partial charge in [0.05, 0.1) is 6.61 Å². The molecule has 1 aromatic carbocycles. The maximum atomic E-state index is 13.9. The van der Waals surface area contributed by atoms with Gasteiger partial charge in [-0.05, 0) is 18.9 Å². The van der Waals surface area contributed by atoms with Crippen LogP contribution in [0.1, 0.15) is 18.1 Å². The molecule has 0 spiro atoms. The number of nitrogens with two attached hydrogens (primary N) is 1. The molecule has 6 nitrogen and oxygen atoms in total. The van der Waals surface area contributed by atoms with Crippen molar-refractivity contribution in [1.29, 1.82) is 0 Å². The third kappa shape index (κ3) is 4.07. The Balaban J connectivity index is 2.96. The Morgan fingerprint density at radius 1 is 1.43 bits per heavy atom. The topological polar surface area (TPSA) is 110 Å². The molecule has 0 aliphatic carbocycles. The molecular weight excluding hydrogens is 307 g/mol. The third-order valence-electron chi connectivity index (χ3n) is 2.73. The fourth-order valence-corrected chi connectivity index (χ4v) is 2.59. The van der Waals surface area contributed by atoms with Crippen LogP contribution in [0.5, 0.6) is 0 Å². The van der Waals surface area contributed by atoms with Crippen molar-refractivity contribution in [3.05, 3.63) is 35.4 Å². The van der Waals surface area contributed by atoms with Gasteiger partial charge in [-0.3, -0.25) is 9.36 Å². The van der Waals surface area contributed by atoms with Gasteiger partial charge in [-0.15, -0.1) is 0 Å². The van der Waals surface area contributed by atoms with E-state index in [1.807, 2.05) is 0 Å². The summed E-state index contributed by atoms with van der Waals surface area (Å²) in [7, 11) is -5.13. The molecule has 0 aromatic heterocycles. The molecule has 1 aromatic rings. The molecule has 0 amide bonds. The molecule has 0 saturated carbocycles. The van der Waals surface area contributed by atoms with Gasteiger partial charge in [0, 0.05) is 5.56 Å². The molecule has 0 bridgehead atoms. The van der Waals surface area contributed by atoms with Gasteiger partial charge in [0.2, 0.25) is 0 Å². The molecule has 0 heterocycles. The SMILES string of the molecule is CCOP(=O)(O)C(F)(F)c1ccc(C[C@H](N)C(=O)O)cc1. The molecule has 9 heteroatoms. The molecular formula is C12H16F2NO5P. The van der Waals surface area contributed by atoms with Crippen LogP contribution in [0.2, 0.25) is 0 Å². The van der Waals surface area contributed by atoms with Gasteiger partial charge in [-0.1, -0.05) is 24.3 Å². The van der Waals surface area contributed by atoms with Crippen molar-refractivity contribution in [2.45, 2.75) is 25.1 Å². The van der Waals surface area contributed by atoms with Crippen molar-refractivity contribution in [2.75, 3.05) is 6.61 Å². The first kappa shape index (κ1) is 17.7. The molecule has 0 fully saturated rings. The second-order valence-corrected chi connectivity index (χ2v) is 6.19. The average Bonchev–Trinajstić information content (AvgIpc) is 2.38. The average molecular weight is 323 g/mol. The zero-order valence-electron chi connectivity index (χ0n) is 11.2. The lowest BCUT2D eigenvalue weighted by atomic mass is 10.0. The van der Waals surface area contributed by atoms with Crippen LogP contribution in [0.15, 0.2) is 24.3 Å². The first-order valence-corrected chi connectivity index (χ1v) is 7.62. The van der Waals surface area contributed by atoms with Crippen molar-refractivity contribution in [2.24, 2.45) is 5.73 Å². The summed E-state index contributed by atoms with van der Waals surface area (Å²) in [6.07, 6.45) is -0.0383. The molecule has 4 N–H and O–H groups in total. The van der Waals surface area contributed by atoms with Crippen molar-refractivity contribution in [3.63, 3.8) is 0 Å². The summed E-state index contributed by atoms with van der Waals surface area (Å²) in [6.45, 7) is 1.00. The van der Waals surface area contributed by atoms with Crippen LogP contribution in [0.4, 0.5) is 8.78 Å². The zero-order chi connectivity index (χ0) is 16.3. The van der Waals surface area contributed by atoms with E-state index in [0.717, 1.165) is 12.1 Å². The molecule has 118 valence electrons. The number of aliphatic carboxylic acids is 1. The molecule has 1 unspecified atom stereocenters. The standard InChI is InChI=1S/C12H16F2NO5P/c1-2-20-21(18,19)12(13,14)9-5-3-8(4-6-9)7-10(15)11(16)17/h3-6,10H,2,7,15H2,1H3,(H,16,17)(H,18,19)/t10-/m0/s1. The van der Waals surface area contributed by atoms with Crippen LogP contribution >= 0.6 is 7.60 Å². The van der Waals surface area contributed by atoms with E-state index in [4.69, 9.17) is 10.8 Å². The molecule has 21 heavy (non-hydrogen) atoms. The molecule has 0 aliphatic heterocycles. The van der Waals surface area contributed by atoms with Crippen molar-refractivity contribution in [3.8, 4) is 0 Å². The number of halogens is 2. The van der Waals surface area contributed by atoms with Crippen LogP contribution in [0, 0.1) is 0 Å². The Labute approximate surface area is 120 Å². The Hall–Kier alpha value is -1.34. The Kier molecular flexibility index (Phi) is 5.58. The van der Waals surface area contributed by atoms with E-state index in [0.29, 0.717) is 5.56 Å². The lowest BCUT2D eigenvalue weighted by Gasteiger charge is -2.22. The fourth-order valence-electron chi connectivity index (χ4n) is 1.60. The summed E-state index contributed by atoms with van der Waals surface area (Å²) in [5.74, 6) is -1.21. The first-order valence-electron chi connectivity index (χ1n) is 6.05. The van der Waals surface area contributed by atoms with Crippen LogP contribution in [0.25, 0.3) is 0 Å². The summed E-state index contributed by atoms with van der Waals surface area (Å²) in [5.41, 5.74) is 1.02. The number of carboxylic acid groups (broad SMARTS) is 1. The number of rotatable bonds is 7. The van der Waals surface area contributed by atoms with Gasteiger partial charge in [-0.2, -0.15) is 8.78 Å². The number of hydrogen-bond donors (Lipinski definition) is 3. The minimum Gasteiger partial charge on any atom is -0.480 e. The highest BCUT2D eigenvalue weighted by molar-refractivity contribution is 7.53. The van der Waals surface area contributed by atoms with Crippen LogP contribution in [0.3, 0.4) is 0 Å². The highest BCUT2D eigenvalue weighted by Crippen LogP contribution is 2.62. The van der Waals surface area contributed by atoms with Gasteiger partial charge in [-0.25, -0.2) is 0 Å². The van der Waals surface area contributed by atoms with Crippen LogP contribution in [-0.4, -0.2) is 28.6 Å². The normalized spacial score (nSPS) is 16.2. The minimum absolute atomic E-state index is 0.0383. The maximum Gasteiger partial charge on any atom is 0.401 e. The largest absolute Gasteiger partial charge is 0.480 e. The third-order valence-corrected chi connectivity index (χ3v) is 4.31. The highest BCUT2D eigenvalue weighted by Gasteiger charge is 2.52. The van der Waals surface area contributed by atoms with E-state index in [1.165, 1.54) is 19.1 Å². The summed E-state index contributed by atoms with van der Waals surface area (Å²) >= 11 is 0. The number of carbonyl (C=O) groups is 1. The molecule has 0 aliphatic rings. The Morgan fingerprint density at radius 3 is 2.38 bits per heavy atom. The van der Waals surface area contributed by atoms with Crippen molar-refractivity contribution >= 4 is 13.6 Å². The predicted molar refractivity (Wildman–Crippen MR) is 71.1 cm³/mol. The predicted octanol–water partition coefficient (Wildman–Crippen LogP) is 1.91. The van der Waals surface area contributed by atoms with Crippen LogP contribution < -0.4 is 5.73 Å². The molecule has 0 saturated heterocycles. The van der Waals surface area contributed by atoms with E-state index >= 15 is 0 Å². The van der Waals surface area contributed by atoms with Gasteiger partial charge in [0.1, 0.15) is 6.04 Å². The quantitative estimate of drug-likeness (QED) is 0.661. The van der Waals surface area contributed by atoms with Gasteiger partial charge < -0.3 is 20.3 Å². The number of carboxylic acids is 1. The van der Waals surface area contributed by atoms with E-state index in [2.05, 4.69) is 4.52 Å². The number of benzene rings is 1. The van der Waals surface area contributed by atoms with Crippen molar-refractivity contribution < 1.29 is 32.7 Å². The maximum absolute atomic E-state index is 13.9. The summed E-state index contributed by atoms with van der Waals surface area (Å²) in [4.78, 5) is 19.9. The van der Waals surface area contributed by atoms with Crippen molar-refractivity contribution in [1.82, 2.24) is 0 Å². The number of alkyl halides is 2. The summed E-state index contributed by atoms with van der Waals surface area (Å²) < 4.78 is 43.5. The summed E-state index contributed by atoms with van der Waals surface area (Å²) in [6, 6.07) is 3.22. The number of hydrogen-bond acceptors (Lipinski definition) is 4. The van der Waals surface area contributed by atoms with E-state index in [9.17, 15) is 23.0 Å². The second-order valence-electron chi connectivity index (χ2n) is 4.33. The minimum atomic E-state index is -5.13. The smallest absolute Gasteiger partial charge is 0.401 e. The summed E-state index contributed by atoms with van der Waals surface area (Å²) in [5, 5.41) is 8.66. The lowest BCUT2D eigenvalue weighted by molar-refractivity contribution is -0.138. The highest BCUT2D eigenvalue weighted by atomic mass is 31.2. The Bertz CT molecular complexity index is 549. The molecule has 0 radical (unpaired) electrons. The van der Waals surface area contributed by atoms with Crippen LogP contribution in [-0.2, 0) is 26.0 Å². The fraction of sp³-hybridized carbons (Fsp3) is 0.417. The Morgan fingerprint density at radius 2 is 1.95 bits per heavy atom. The second kappa shape index (κ2) is 6.62. The van der Waals surface area contributed by atoms with E-state index in [-0.39, 0.29) is 13.0 Å². The van der Waals surface area contributed by atoms with Gasteiger partial charge in [0.25, 0.3) is 0 Å². The molecule has 1 rings (SSSR count). The van der Waals surface area contributed by atoms with E-state index < -0.39 is 30.8 Å². The zero-order valence-corrected chi connectivity index (χ0v) is 12.1. The van der Waals surface area contributed by atoms with Gasteiger partial charge >= 0.3 is 19.2 Å². The van der Waals surface area contributed by atoms with Gasteiger partial charge in [0.15, 0.2) is 0 Å². The van der Waals surface area contributed by atoms with E-state index in [1.54, 1.807) is 0 Å². The molecule has 2 atom stereocenters. The first-order chi connectivity index (χ1) is 9.61.